The maximum Gasteiger partial charge on any atom is 0.355 e. The van der Waals surface area contributed by atoms with Gasteiger partial charge in [0, 0.05) is 17.8 Å². The summed E-state index contributed by atoms with van der Waals surface area (Å²) in [5, 5.41) is 12.2. The monoisotopic (exact) mass is 482 g/mol. The van der Waals surface area contributed by atoms with Crippen LogP contribution < -0.4 is 21.4 Å². The zero-order chi connectivity index (χ0) is 25.8. The molecule has 4 aromatic rings. The van der Waals surface area contributed by atoms with Crippen LogP contribution in [-0.2, 0) is 6.54 Å². The molecule has 0 spiro atoms. The quantitative estimate of drug-likeness (QED) is 0.414. The lowest BCUT2D eigenvalue weighted by atomic mass is 10.1. The van der Waals surface area contributed by atoms with E-state index < -0.39 is 11.4 Å². The second kappa shape index (κ2) is 10.3. The predicted octanol–water partition coefficient (Wildman–Crippen LogP) is 4.45. The number of nitriles is 1. The molecule has 0 bridgehead atoms. The number of rotatable bonds is 7. The first-order valence-corrected chi connectivity index (χ1v) is 11.5. The van der Waals surface area contributed by atoms with Crippen molar-refractivity contribution >= 4 is 11.6 Å². The largest absolute Gasteiger partial charge is 0.439 e. The van der Waals surface area contributed by atoms with Crippen LogP contribution >= 0.6 is 0 Å². The Bertz CT molecular complexity index is 1560. The van der Waals surface area contributed by atoms with E-state index >= 15 is 0 Å². The summed E-state index contributed by atoms with van der Waals surface area (Å²) in [6, 6.07) is 19.8. The molecule has 2 aromatic heterocycles. The molecule has 4 rings (SSSR count). The van der Waals surface area contributed by atoms with Crippen molar-refractivity contribution in [3.8, 4) is 17.7 Å². The van der Waals surface area contributed by atoms with E-state index in [9.17, 15) is 9.59 Å². The van der Waals surface area contributed by atoms with Crippen molar-refractivity contribution in [2.45, 2.75) is 40.3 Å². The van der Waals surface area contributed by atoms with Gasteiger partial charge in [0.05, 0.1) is 6.54 Å². The highest BCUT2D eigenvalue weighted by molar-refractivity contribution is 5.57. The van der Waals surface area contributed by atoms with Crippen LogP contribution in [-0.4, -0.2) is 19.1 Å². The molecule has 2 aromatic carbocycles. The number of aromatic nitrogens is 4. The van der Waals surface area contributed by atoms with Crippen LogP contribution in [0, 0.1) is 25.2 Å². The van der Waals surface area contributed by atoms with Crippen molar-refractivity contribution in [3.63, 3.8) is 0 Å². The lowest BCUT2D eigenvalue weighted by Gasteiger charge is -2.18. The van der Waals surface area contributed by atoms with Gasteiger partial charge in [0.25, 0.3) is 0 Å². The van der Waals surface area contributed by atoms with Crippen LogP contribution in [0.1, 0.15) is 42.3 Å². The molecule has 182 valence electrons. The van der Waals surface area contributed by atoms with Crippen LogP contribution in [0.3, 0.4) is 0 Å². The number of nitrogens with one attached hydrogen (secondary N) is 1. The fraction of sp³-hybridized carbons (Fsp3) is 0.222. The topological polar surface area (TPSA) is 115 Å². The van der Waals surface area contributed by atoms with Gasteiger partial charge in [-0.05, 0) is 63.1 Å². The van der Waals surface area contributed by atoms with E-state index in [1.807, 2.05) is 50.2 Å². The van der Waals surface area contributed by atoms with Crippen molar-refractivity contribution in [3.05, 3.63) is 104 Å². The van der Waals surface area contributed by atoms with Crippen LogP contribution in [0.15, 0.2) is 70.3 Å². The molecule has 9 heteroatoms. The molecule has 2 heterocycles. The van der Waals surface area contributed by atoms with Gasteiger partial charge in [0.15, 0.2) is 0 Å². The normalized spacial score (nSPS) is 10.8. The summed E-state index contributed by atoms with van der Waals surface area (Å²) in [6.45, 7) is 7.66. The minimum absolute atomic E-state index is 0.152. The van der Waals surface area contributed by atoms with Crippen molar-refractivity contribution in [2.75, 3.05) is 5.32 Å². The number of benzene rings is 2. The first-order chi connectivity index (χ1) is 17.2. The average Bonchev–Trinajstić information content (AvgIpc) is 2.84. The smallest absolute Gasteiger partial charge is 0.355 e. The summed E-state index contributed by atoms with van der Waals surface area (Å²) in [6.07, 6.45) is 0. The van der Waals surface area contributed by atoms with Gasteiger partial charge in [-0.15, -0.1) is 0 Å². The molecule has 0 aliphatic heterocycles. The van der Waals surface area contributed by atoms with Crippen molar-refractivity contribution in [1.29, 1.82) is 5.26 Å². The molecule has 1 N–H and O–H groups in total. The first kappa shape index (κ1) is 24.4. The molecular weight excluding hydrogens is 456 g/mol. The Morgan fingerprint density at radius 2 is 1.78 bits per heavy atom. The molecule has 0 fully saturated rings. The predicted molar refractivity (Wildman–Crippen MR) is 137 cm³/mol. The van der Waals surface area contributed by atoms with Crippen LogP contribution in [0.25, 0.3) is 0 Å². The maximum atomic E-state index is 13.3. The molecule has 0 amide bonds. The number of nitrogens with zero attached hydrogens (tertiary/aromatic N) is 5. The SMILES string of the molecule is Cc1ccc(Cn2c(Nc3ccc(Oc4cccc(C#N)n4)c(C)c3)nc(=O)n(C(C)C)c2=O)cc1. The molecule has 0 aliphatic carbocycles. The zero-order valence-corrected chi connectivity index (χ0v) is 20.5. The number of anilines is 2. The number of hydrogen-bond donors (Lipinski definition) is 1. The van der Waals surface area contributed by atoms with Crippen LogP contribution in [0.5, 0.6) is 11.6 Å². The Kier molecular flexibility index (Phi) is 6.97. The Balaban J connectivity index is 1.67. The number of aryl methyl sites for hydroxylation is 2. The molecule has 0 radical (unpaired) electrons. The van der Waals surface area contributed by atoms with Gasteiger partial charge in [-0.2, -0.15) is 10.2 Å². The van der Waals surface area contributed by atoms with Gasteiger partial charge >= 0.3 is 11.4 Å². The fourth-order valence-corrected chi connectivity index (χ4v) is 3.68. The lowest BCUT2D eigenvalue weighted by molar-refractivity contribution is 0.459. The minimum Gasteiger partial charge on any atom is -0.439 e. The highest BCUT2D eigenvalue weighted by Crippen LogP contribution is 2.27. The van der Waals surface area contributed by atoms with Gasteiger partial charge in [-0.1, -0.05) is 35.9 Å². The Morgan fingerprint density at radius 3 is 2.44 bits per heavy atom. The Morgan fingerprint density at radius 1 is 1.03 bits per heavy atom. The molecule has 0 aliphatic rings. The van der Waals surface area contributed by atoms with E-state index in [1.54, 1.807) is 44.2 Å². The van der Waals surface area contributed by atoms with E-state index in [1.165, 1.54) is 4.57 Å². The van der Waals surface area contributed by atoms with Crippen LogP contribution in [0.4, 0.5) is 11.6 Å². The highest BCUT2D eigenvalue weighted by atomic mass is 16.5. The van der Waals surface area contributed by atoms with Gasteiger partial charge in [-0.25, -0.2) is 19.1 Å². The van der Waals surface area contributed by atoms with Crippen LogP contribution in [0.2, 0.25) is 0 Å². The Hall–Kier alpha value is -4.71. The summed E-state index contributed by atoms with van der Waals surface area (Å²) < 4.78 is 8.44. The van der Waals surface area contributed by atoms with Crippen molar-refractivity contribution < 1.29 is 4.74 Å². The molecule has 9 nitrogen and oxygen atoms in total. The van der Waals surface area contributed by atoms with Gasteiger partial charge < -0.3 is 10.1 Å². The molecule has 36 heavy (non-hydrogen) atoms. The second-order valence-electron chi connectivity index (χ2n) is 8.72. The molecule has 0 saturated carbocycles. The lowest BCUT2D eigenvalue weighted by Crippen LogP contribution is -2.43. The highest BCUT2D eigenvalue weighted by Gasteiger charge is 2.16. The third kappa shape index (κ3) is 5.33. The summed E-state index contributed by atoms with van der Waals surface area (Å²) >= 11 is 0. The Labute approximate surface area is 208 Å². The van der Waals surface area contributed by atoms with E-state index in [4.69, 9.17) is 10.00 Å². The fourth-order valence-electron chi connectivity index (χ4n) is 3.68. The van der Waals surface area contributed by atoms with E-state index in [0.717, 1.165) is 21.3 Å². The molecule has 0 unspecified atom stereocenters. The molecule has 0 saturated heterocycles. The number of ether oxygens (including phenoxy) is 1. The summed E-state index contributed by atoms with van der Waals surface area (Å²) in [4.78, 5) is 34.3. The maximum absolute atomic E-state index is 13.3. The van der Waals surface area contributed by atoms with Gasteiger partial charge in [0.2, 0.25) is 11.8 Å². The van der Waals surface area contributed by atoms with E-state index in [0.29, 0.717) is 17.3 Å². The van der Waals surface area contributed by atoms with Gasteiger partial charge in [-0.3, -0.25) is 4.57 Å². The third-order valence-electron chi connectivity index (χ3n) is 5.56. The standard InChI is InChI=1S/C27H26N6O3/c1-17(2)33-26(34)31-25(32(27(33)35)16-20-10-8-18(3)9-11-20)30-21-12-13-23(19(4)14-21)36-24-7-5-6-22(15-28)29-24/h5-14,17H,16H2,1-4H3,(H,30,31,34). The summed E-state index contributed by atoms with van der Waals surface area (Å²) in [5.74, 6) is 1.02. The van der Waals surface area contributed by atoms with Crippen molar-refractivity contribution in [2.24, 2.45) is 0 Å². The molecular formula is C27H26N6O3. The minimum atomic E-state index is -0.613. The zero-order valence-electron chi connectivity index (χ0n) is 20.5. The second-order valence-corrected chi connectivity index (χ2v) is 8.72. The van der Waals surface area contributed by atoms with Crippen molar-refractivity contribution in [1.82, 2.24) is 19.1 Å². The van der Waals surface area contributed by atoms with E-state index in [-0.39, 0.29) is 24.2 Å². The average molecular weight is 483 g/mol. The first-order valence-electron chi connectivity index (χ1n) is 11.5. The number of hydrogen-bond acceptors (Lipinski definition) is 7. The summed E-state index contributed by atoms with van der Waals surface area (Å²) in [5.41, 5.74) is 2.65. The van der Waals surface area contributed by atoms with Gasteiger partial charge in [0.1, 0.15) is 17.5 Å². The summed E-state index contributed by atoms with van der Waals surface area (Å²) in [7, 11) is 0. The molecule has 0 atom stereocenters. The third-order valence-corrected chi connectivity index (χ3v) is 5.56. The van der Waals surface area contributed by atoms with E-state index in [2.05, 4.69) is 15.3 Å². The number of pyridine rings is 1.